The van der Waals surface area contributed by atoms with Gasteiger partial charge in [-0.3, -0.25) is 4.79 Å². The van der Waals surface area contributed by atoms with Crippen molar-refractivity contribution < 1.29 is 17.9 Å². The van der Waals surface area contributed by atoms with E-state index in [1.165, 1.54) is 4.31 Å². The van der Waals surface area contributed by atoms with E-state index in [1.54, 1.807) is 24.3 Å². The fourth-order valence-electron chi connectivity index (χ4n) is 4.09. The van der Waals surface area contributed by atoms with Gasteiger partial charge in [0.1, 0.15) is 11.8 Å². The summed E-state index contributed by atoms with van der Waals surface area (Å²) in [5.74, 6) is 0.456. The molecule has 1 amide bonds. The first-order chi connectivity index (χ1) is 16.2. The number of amides is 1. The molecule has 0 aliphatic carbocycles. The maximum absolute atomic E-state index is 13.6. The maximum Gasteiger partial charge on any atom is 0.244 e. The monoisotopic (exact) mass is 478 g/mol. The van der Waals surface area contributed by atoms with Crippen LogP contribution in [0.25, 0.3) is 0 Å². The molecular weight excluding hydrogens is 448 g/mol. The summed E-state index contributed by atoms with van der Waals surface area (Å²) in [5, 5.41) is 2.94. The minimum absolute atomic E-state index is 0.0844. The molecule has 0 saturated carbocycles. The van der Waals surface area contributed by atoms with Crippen LogP contribution >= 0.6 is 0 Å². The van der Waals surface area contributed by atoms with Crippen molar-refractivity contribution in [1.82, 2.24) is 9.62 Å². The van der Waals surface area contributed by atoms with Crippen LogP contribution in [0.4, 0.5) is 0 Å². The van der Waals surface area contributed by atoms with Gasteiger partial charge in [-0.05, 0) is 68.1 Å². The third-order valence-corrected chi connectivity index (χ3v) is 7.77. The van der Waals surface area contributed by atoms with Crippen molar-refractivity contribution in [3.8, 4) is 5.75 Å². The lowest BCUT2D eigenvalue weighted by molar-refractivity contribution is -0.125. The number of carbonyl (C=O) groups excluding carboxylic acids is 1. The van der Waals surface area contributed by atoms with Crippen LogP contribution in [0, 0.1) is 6.92 Å². The largest absolute Gasteiger partial charge is 0.491 e. The van der Waals surface area contributed by atoms with Crippen molar-refractivity contribution in [2.75, 3.05) is 0 Å². The number of nitrogens with one attached hydrogen (secondary N) is 1. The third kappa shape index (κ3) is 5.32. The van der Waals surface area contributed by atoms with E-state index in [-0.39, 0.29) is 23.5 Å². The molecule has 0 saturated heterocycles. The molecule has 0 radical (unpaired) electrons. The van der Waals surface area contributed by atoms with E-state index in [1.807, 2.05) is 69.3 Å². The highest BCUT2D eigenvalue weighted by Gasteiger charge is 2.39. The van der Waals surface area contributed by atoms with Crippen molar-refractivity contribution in [1.29, 1.82) is 0 Å². The Balaban J connectivity index is 1.55. The van der Waals surface area contributed by atoms with Gasteiger partial charge in [-0.1, -0.05) is 54.1 Å². The summed E-state index contributed by atoms with van der Waals surface area (Å²) in [6.07, 6.45) is 0.412. The fourth-order valence-corrected chi connectivity index (χ4v) is 5.65. The Morgan fingerprint density at radius 1 is 1.00 bits per heavy atom. The molecule has 6 nitrogen and oxygen atoms in total. The molecule has 1 aliphatic rings. The van der Waals surface area contributed by atoms with Crippen LogP contribution in [0.15, 0.2) is 77.7 Å². The number of hydrogen-bond donors (Lipinski definition) is 1. The molecule has 1 heterocycles. The molecule has 0 fully saturated rings. The summed E-state index contributed by atoms with van der Waals surface area (Å²) in [6.45, 7) is 6.30. The molecular formula is C27H30N2O4S. The molecule has 4 rings (SSSR count). The normalized spacial score (nSPS) is 16.2. The number of hydrogen-bond acceptors (Lipinski definition) is 4. The van der Waals surface area contributed by atoms with Crippen LogP contribution in [0.2, 0.25) is 0 Å². The van der Waals surface area contributed by atoms with Crippen LogP contribution in [0.3, 0.4) is 0 Å². The molecule has 0 unspecified atom stereocenters. The van der Waals surface area contributed by atoms with Crippen LogP contribution in [-0.2, 0) is 34.3 Å². The van der Waals surface area contributed by atoms with Gasteiger partial charge >= 0.3 is 0 Å². The Labute approximate surface area is 201 Å². The SMILES string of the molecule is Cc1ccc(S(=O)(=O)N2Cc3ccccc3C[C@@H]2C(=O)NCc2ccc(OC(C)C)cc2)cc1. The molecule has 3 aromatic rings. The lowest BCUT2D eigenvalue weighted by Gasteiger charge is -2.35. The minimum atomic E-state index is -3.86. The second-order valence-electron chi connectivity index (χ2n) is 8.88. The molecule has 7 heteroatoms. The van der Waals surface area contributed by atoms with E-state index in [4.69, 9.17) is 4.74 Å². The van der Waals surface area contributed by atoms with E-state index in [0.29, 0.717) is 13.0 Å². The quantitative estimate of drug-likeness (QED) is 0.552. The van der Waals surface area contributed by atoms with Gasteiger partial charge in [0.15, 0.2) is 0 Å². The molecule has 3 aromatic carbocycles. The van der Waals surface area contributed by atoms with Gasteiger partial charge in [-0.15, -0.1) is 0 Å². The number of fused-ring (bicyclic) bond motifs is 1. The van der Waals surface area contributed by atoms with Gasteiger partial charge in [0.05, 0.1) is 11.0 Å². The summed E-state index contributed by atoms with van der Waals surface area (Å²) in [7, 11) is -3.86. The molecule has 1 atom stereocenters. The molecule has 1 aliphatic heterocycles. The Hall–Kier alpha value is -3.16. The van der Waals surface area contributed by atoms with E-state index in [9.17, 15) is 13.2 Å². The maximum atomic E-state index is 13.6. The predicted octanol–water partition coefficient (Wildman–Crippen LogP) is 4.21. The van der Waals surface area contributed by atoms with Crippen LogP contribution < -0.4 is 10.1 Å². The summed E-state index contributed by atoms with van der Waals surface area (Å²) in [4.78, 5) is 13.5. The Kier molecular flexibility index (Phi) is 7.05. The first-order valence-electron chi connectivity index (χ1n) is 11.4. The number of carbonyl (C=O) groups is 1. The van der Waals surface area contributed by atoms with Crippen LogP contribution in [0.5, 0.6) is 5.75 Å². The molecule has 178 valence electrons. The number of nitrogens with zero attached hydrogens (tertiary/aromatic N) is 1. The highest BCUT2D eigenvalue weighted by Crippen LogP contribution is 2.29. The molecule has 0 aromatic heterocycles. The van der Waals surface area contributed by atoms with E-state index in [0.717, 1.165) is 28.0 Å². The number of aryl methyl sites for hydroxylation is 1. The average Bonchev–Trinajstić information content (AvgIpc) is 2.82. The van der Waals surface area contributed by atoms with E-state index < -0.39 is 16.1 Å². The first kappa shape index (κ1) is 24.0. The van der Waals surface area contributed by atoms with Gasteiger partial charge in [-0.2, -0.15) is 4.31 Å². The van der Waals surface area contributed by atoms with Crippen molar-refractivity contribution in [3.63, 3.8) is 0 Å². The Morgan fingerprint density at radius 2 is 1.65 bits per heavy atom. The van der Waals surface area contributed by atoms with E-state index in [2.05, 4.69) is 5.32 Å². The molecule has 1 N–H and O–H groups in total. The van der Waals surface area contributed by atoms with Gasteiger partial charge in [-0.25, -0.2) is 8.42 Å². The van der Waals surface area contributed by atoms with Gasteiger partial charge in [0, 0.05) is 13.1 Å². The zero-order chi connectivity index (χ0) is 24.3. The summed E-state index contributed by atoms with van der Waals surface area (Å²) < 4.78 is 34.1. The first-order valence-corrected chi connectivity index (χ1v) is 12.9. The summed E-state index contributed by atoms with van der Waals surface area (Å²) in [5.41, 5.74) is 3.80. The molecule has 0 bridgehead atoms. The number of ether oxygens (including phenoxy) is 1. The van der Waals surface area contributed by atoms with Crippen molar-refractivity contribution >= 4 is 15.9 Å². The second kappa shape index (κ2) is 9.99. The topological polar surface area (TPSA) is 75.7 Å². The van der Waals surface area contributed by atoms with Crippen molar-refractivity contribution in [3.05, 3.63) is 95.1 Å². The molecule has 0 spiro atoms. The number of sulfonamides is 1. The number of benzene rings is 3. The average molecular weight is 479 g/mol. The second-order valence-corrected chi connectivity index (χ2v) is 10.8. The lowest BCUT2D eigenvalue weighted by atomic mass is 9.95. The zero-order valence-corrected chi connectivity index (χ0v) is 20.5. The fraction of sp³-hybridized carbons (Fsp3) is 0.296. The smallest absolute Gasteiger partial charge is 0.244 e. The summed E-state index contributed by atoms with van der Waals surface area (Å²) in [6, 6.07) is 21.1. The number of rotatable bonds is 7. The highest BCUT2D eigenvalue weighted by molar-refractivity contribution is 7.89. The third-order valence-electron chi connectivity index (χ3n) is 5.90. The lowest BCUT2D eigenvalue weighted by Crippen LogP contribution is -2.52. The Morgan fingerprint density at radius 3 is 2.29 bits per heavy atom. The predicted molar refractivity (Wildman–Crippen MR) is 132 cm³/mol. The minimum Gasteiger partial charge on any atom is -0.491 e. The Bertz CT molecular complexity index is 1250. The standard InChI is InChI=1S/C27H30N2O4S/c1-19(2)33-24-12-10-21(11-13-24)17-28-27(30)26-16-22-6-4-5-7-23(22)18-29(26)34(31,32)25-14-8-20(3)9-15-25/h4-15,19,26H,16-18H2,1-3H3,(H,28,30)/t26-/m1/s1. The van der Waals surface area contributed by atoms with Crippen molar-refractivity contribution in [2.24, 2.45) is 0 Å². The highest BCUT2D eigenvalue weighted by atomic mass is 32.2. The van der Waals surface area contributed by atoms with Crippen LogP contribution in [0.1, 0.15) is 36.1 Å². The van der Waals surface area contributed by atoms with E-state index >= 15 is 0 Å². The zero-order valence-electron chi connectivity index (χ0n) is 19.7. The summed E-state index contributed by atoms with van der Waals surface area (Å²) >= 11 is 0. The van der Waals surface area contributed by atoms with Gasteiger partial charge < -0.3 is 10.1 Å². The van der Waals surface area contributed by atoms with Gasteiger partial charge in [0.25, 0.3) is 0 Å². The van der Waals surface area contributed by atoms with Gasteiger partial charge in [0.2, 0.25) is 15.9 Å². The molecule has 34 heavy (non-hydrogen) atoms. The van der Waals surface area contributed by atoms with Crippen molar-refractivity contribution in [2.45, 2.75) is 57.3 Å². The van der Waals surface area contributed by atoms with Crippen LogP contribution in [-0.4, -0.2) is 30.8 Å².